The van der Waals surface area contributed by atoms with Crippen molar-refractivity contribution in [3.8, 4) is 17.6 Å². The molecule has 0 saturated heterocycles. The van der Waals surface area contributed by atoms with Crippen LogP contribution >= 0.6 is 0 Å². The molecule has 2 rings (SSSR count). The fraction of sp³-hybridized carbons (Fsp3) is 0.412. The van der Waals surface area contributed by atoms with E-state index in [4.69, 9.17) is 14.7 Å². The van der Waals surface area contributed by atoms with Gasteiger partial charge < -0.3 is 20.1 Å². The van der Waals surface area contributed by atoms with E-state index in [0.717, 1.165) is 31.4 Å². The quantitative estimate of drug-likeness (QED) is 0.436. The average Bonchev–Trinajstić information content (AvgIpc) is 3.03. The summed E-state index contributed by atoms with van der Waals surface area (Å²) in [5.74, 6) is 0.979. The van der Waals surface area contributed by atoms with Crippen molar-refractivity contribution in [1.29, 1.82) is 5.26 Å². The maximum absolute atomic E-state index is 12.0. The highest BCUT2D eigenvalue weighted by atomic mass is 16.7. The fourth-order valence-electron chi connectivity index (χ4n) is 2.13. The molecule has 0 aliphatic carbocycles. The number of nitriles is 1. The van der Waals surface area contributed by atoms with Crippen molar-refractivity contribution in [3.63, 3.8) is 0 Å². The number of carbonyl (C=O) groups is 1. The van der Waals surface area contributed by atoms with E-state index in [1.165, 1.54) is 6.20 Å². The van der Waals surface area contributed by atoms with Gasteiger partial charge in [-0.3, -0.25) is 4.79 Å². The van der Waals surface area contributed by atoms with Crippen LogP contribution in [0.1, 0.15) is 31.7 Å². The Balaban J connectivity index is 1.82. The highest BCUT2D eigenvalue weighted by molar-refractivity contribution is 5.97. The van der Waals surface area contributed by atoms with Crippen LogP contribution in [0.25, 0.3) is 0 Å². The molecule has 122 valence electrons. The maximum Gasteiger partial charge on any atom is 0.263 e. The standard InChI is InChI=1S/C17H21N3O3/c1-2-3-4-7-19-11-14(9-18)17(21)20-10-13-5-6-15-16(8-13)23-12-22-15/h5-6,8,11,19H,2-4,7,10,12H2,1H3,(H,20,21)/b14-11-. The van der Waals surface area contributed by atoms with E-state index in [9.17, 15) is 4.79 Å². The summed E-state index contributed by atoms with van der Waals surface area (Å²) in [6.45, 7) is 3.43. The van der Waals surface area contributed by atoms with Crippen molar-refractivity contribution in [2.24, 2.45) is 0 Å². The first-order chi connectivity index (χ1) is 11.2. The molecule has 6 heteroatoms. The minimum absolute atomic E-state index is 0.0715. The molecule has 2 N–H and O–H groups in total. The zero-order valence-corrected chi connectivity index (χ0v) is 13.2. The molecule has 1 aromatic carbocycles. The lowest BCUT2D eigenvalue weighted by atomic mass is 10.2. The largest absolute Gasteiger partial charge is 0.454 e. The third-order valence-corrected chi connectivity index (χ3v) is 3.43. The van der Waals surface area contributed by atoms with Gasteiger partial charge in [0.15, 0.2) is 11.5 Å². The average molecular weight is 315 g/mol. The molecule has 0 aromatic heterocycles. The van der Waals surface area contributed by atoms with Gasteiger partial charge in [-0.05, 0) is 24.1 Å². The van der Waals surface area contributed by atoms with Crippen molar-refractivity contribution in [2.45, 2.75) is 32.7 Å². The summed E-state index contributed by atoms with van der Waals surface area (Å²) in [6.07, 6.45) is 4.75. The minimum atomic E-state index is -0.395. The molecule has 1 heterocycles. The van der Waals surface area contributed by atoms with Gasteiger partial charge in [-0.1, -0.05) is 25.8 Å². The van der Waals surface area contributed by atoms with Crippen LogP contribution in [0.2, 0.25) is 0 Å². The second-order valence-electron chi connectivity index (χ2n) is 5.20. The number of hydrogen-bond donors (Lipinski definition) is 2. The normalized spacial score (nSPS) is 12.6. The Kier molecular flexibility index (Phi) is 6.30. The molecule has 23 heavy (non-hydrogen) atoms. The lowest BCUT2D eigenvalue weighted by molar-refractivity contribution is -0.117. The van der Waals surface area contributed by atoms with Crippen LogP contribution in [0.4, 0.5) is 0 Å². The summed E-state index contributed by atoms with van der Waals surface area (Å²) < 4.78 is 10.5. The summed E-state index contributed by atoms with van der Waals surface area (Å²) in [7, 11) is 0. The molecule has 0 unspecified atom stereocenters. The van der Waals surface area contributed by atoms with Crippen LogP contribution in [-0.4, -0.2) is 19.2 Å². The Morgan fingerprint density at radius 2 is 2.17 bits per heavy atom. The highest BCUT2D eigenvalue weighted by Crippen LogP contribution is 2.32. The van der Waals surface area contributed by atoms with E-state index in [0.29, 0.717) is 18.0 Å². The lowest BCUT2D eigenvalue weighted by Gasteiger charge is -2.06. The number of nitrogens with zero attached hydrogens (tertiary/aromatic N) is 1. The number of rotatable bonds is 8. The number of ether oxygens (including phenoxy) is 2. The molecule has 0 radical (unpaired) electrons. The number of carbonyl (C=O) groups excluding carboxylic acids is 1. The second kappa shape index (κ2) is 8.69. The van der Waals surface area contributed by atoms with Gasteiger partial charge in [-0.15, -0.1) is 0 Å². The Labute approximate surface area is 136 Å². The summed E-state index contributed by atoms with van der Waals surface area (Å²) in [5.41, 5.74) is 0.957. The second-order valence-corrected chi connectivity index (χ2v) is 5.20. The molecule has 0 spiro atoms. The van der Waals surface area contributed by atoms with Gasteiger partial charge >= 0.3 is 0 Å². The molecular formula is C17H21N3O3. The van der Waals surface area contributed by atoms with Crippen molar-refractivity contribution < 1.29 is 14.3 Å². The van der Waals surface area contributed by atoms with Crippen molar-refractivity contribution >= 4 is 5.91 Å². The molecule has 0 fully saturated rings. The summed E-state index contributed by atoms with van der Waals surface area (Å²) in [4.78, 5) is 12.0. The molecule has 1 aromatic rings. The molecule has 0 bridgehead atoms. The zero-order chi connectivity index (χ0) is 16.5. The third-order valence-electron chi connectivity index (χ3n) is 3.43. The maximum atomic E-state index is 12.0. The monoisotopic (exact) mass is 315 g/mol. The SMILES string of the molecule is CCCCCN/C=C(/C#N)C(=O)NCc1ccc2c(c1)OCO2. The topological polar surface area (TPSA) is 83.4 Å². The predicted molar refractivity (Wildman–Crippen MR) is 85.6 cm³/mol. The van der Waals surface area contributed by atoms with E-state index < -0.39 is 5.91 Å². The van der Waals surface area contributed by atoms with E-state index in [1.807, 2.05) is 18.2 Å². The molecule has 1 aliphatic heterocycles. The lowest BCUT2D eigenvalue weighted by Crippen LogP contribution is -2.25. The Hall–Kier alpha value is -2.68. The smallest absolute Gasteiger partial charge is 0.263 e. The third kappa shape index (κ3) is 4.92. The van der Waals surface area contributed by atoms with Crippen LogP contribution in [0.5, 0.6) is 11.5 Å². The van der Waals surface area contributed by atoms with Crippen LogP contribution in [0.3, 0.4) is 0 Å². The van der Waals surface area contributed by atoms with Gasteiger partial charge in [0.1, 0.15) is 11.6 Å². The van der Waals surface area contributed by atoms with Crippen LogP contribution in [-0.2, 0) is 11.3 Å². The van der Waals surface area contributed by atoms with Crippen molar-refractivity contribution in [3.05, 3.63) is 35.5 Å². The summed E-state index contributed by atoms with van der Waals surface area (Å²) in [6, 6.07) is 7.39. The molecule has 1 amide bonds. The molecule has 1 aliphatic rings. The summed E-state index contributed by atoms with van der Waals surface area (Å²) >= 11 is 0. The van der Waals surface area contributed by atoms with Gasteiger partial charge in [0.05, 0.1) is 0 Å². The van der Waals surface area contributed by atoms with Crippen LogP contribution < -0.4 is 20.1 Å². The van der Waals surface area contributed by atoms with E-state index in [-0.39, 0.29) is 12.4 Å². The number of benzene rings is 1. The van der Waals surface area contributed by atoms with Crippen molar-refractivity contribution in [2.75, 3.05) is 13.3 Å². The van der Waals surface area contributed by atoms with E-state index in [2.05, 4.69) is 17.6 Å². The van der Waals surface area contributed by atoms with E-state index in [1.54, 1.807) is 6.07 Å². The van der Waals surface area contributed by atoms with E-state index >= 15 is 0 Å². The van der Waals surface area contributed by atoms with Crippen LogP contribution in [0, 0.1) is 11.3 Å². The number of unbranched alkanes of at least 4 members (excludes halogenated alkanes) is 2. The Morgan fingerprint density at radius 3 is 2.96 bits per heavy atom. The summed E-state index contributed by atoms with van der Waals surface area (Å²) in [5, 5.41) is 14.8. The van der Waals surface area contributed by atoms with Crippen molar-refractivity contribution in [1.82, 2.24) is 10.6 Å². The first kappa shape index (κ1) is 16.7. The van der Waals surface area contributed by atoms with Gasteiger partial charge in [0.25, 0.3) is 5.91 Å². The molecule has 0 saturated carbocycles. The van der Waals surface area contributed by atoms with Gasteiger partial charge in [-0.2, -0.15) is 5.26 Å². The molecule has 0 atom stereocenters. The molecular weight excluding hydrogens is 294 g/mol. The number of fused-ring (bicyclic) bond motifs is 1. The van der Waals surface area contributed by atoms with Gasteiger partial charge in [-0.25, -0.2) is 0 Å². The number of amides is 1. The molecule has 6 nitrogen and oxygen atoms in total. The number of nitrogens with one attached hydrogen (secondary N) is 2. The van der Waals surface area contributed by atoms with Crippen LogP contribution in [0.15, 0.2) is 30.0 Å². The first-order valence-electron chi connectivity index (χ1n) is 7.75. The highest BCUT2D eigenvalue weighted by Gasteiger charge is 2.14. The first-order valence-corrected chi connectivity index (χ1v) is 7.75. The predicted octanol–water partition coefficient (Wildman–Crippen LogP) is 2.22. The fourth-order valence-corrected chi connectivity index (χ4v) is 2.13. The number of hydrogen-bond acceptors (Lipinski definition) is 5. The minimum Gasteiger partial charge on any atom is -0.454 e. The zero-order valence-electron chi connectivity index (χ0n) is 13.2. The Bertz CT molecular complexity index is 620. The van der Waals surface area contributed by atoms with Gasteiger partial charge in [0.2, 0.25) is 6.79 Å². The van der Waals surface area contributed by atoms with Gasteiger partial charge in [0, 0.05) is 19.3 Å². The Morgan fingerprint density at radius 1 is 1.35 bits per heavy atom.